The van der Waals surface area contributed by atoms with E-state index in [9.17, 15) is 4.79 Å². The minimum atomic E-state index is 0.192. The van der Waals surface area contributed by atoms with Crippen LogP contribution < -0.4 is 9.64 Å². The number of carbonyl (C=O) groups is 1. The van der Waals surface area contributed by atoms with Crippen LogP contribution in [-0.2, 0) is 4.79 Å². The van der Waals surface area contributed by atoms with Crippen LogP contribution in [0.1, 0.15) is 12.8 Å². The monoisotopic (exact) mass is 402 g/mol. The Morgan fingerprint density at radius 1 is 0.833 bits per heavy atom. The third-order valence-electron chi connectivity index (χ3n) is 5.22. The van der Waals surface area contributed by atoms with Crippen LogP contribution in [0.2, 0.25) is 0 Å². The van der Waals surface area contributed by atoms with Gasteiger partial charge in [0.1, 0.15) is 5.75 Å². The standard InChI is InChI=1S/C24H26N4O2/c29-24(12-7-19-30-21-10-5-2-6-11-21)28-17-15-27(16-18-28)23-14-13-22(25-26-23)20-8-3-1-4-9-20/h1-6,8-11,13-14H,7,12,15-19H2. The third kappa shape index (κ3) is 5.14. The van der Waals surface area contributed by atoms with Gasteiger partial charge in [-0.25, -0.2) is 0 Å². The molecule has 6 heteroatoms. The van der Waals surface area contributed by atoms with E-state index in [1.54, 1.807) is 0 Å². The van der Waals surface area contributed by atoms with Crippen LogP contribution in [0.3, 0.4) is 0 Å². The first-order valence-corrected chi connectivity index (χ1v) is 10.4. The lowest BCUT2D eigenvalue weighted by Crippen LogP contribution is -2.49. The summed E-state index contributed by atoms with van der Waals surface area (Å²) in [5.74, 6) is 1.90. The smallest absolute Gasteiger partial charge is 0.222 e. The van der Waals surface area contributed by atoms with E-state index >= 15 is 0 Å². The van der Waals surface area contributed by atoms with Crippen molar-refractivity contribution in [1.29, 1.82) is 0 Å². The molecule has 0 atom stereocenters. The Labute approximate surface area is 177 Å². The predicted molar refractivity (Wildman–Crippen MR) is 117 cm³/mol. The van der Waals surface area contributed by atoms with E-state index in [0.29, 0.717) is 26.1 Å². The molecule has 0 spiro atoms. The molecule has 3 aromatic rings. The second-order valence-electron chi connectivity index (χ2n) is 7.28. The van der Waals surface area contributed by atoms with Gasteiger partial charge >= 0.3 is 0 Å². The zero-order valence-corrected chi connectivity index (χ0v) is 17.0. The number of para-hydroxylation sites is 1. The summed E-state index contributed by atoms with van der Waals surface area (Å²) in [6, 6.07) is 23.7. The summed E-state index contributed by atoms with van der Waals surface area (Å²) in [7, 11) is 0. The lowest BCUT2D eigenvalue weighted by atomic mass is 10.1. The Morgan fingerprint density at radius 3 is 2.20 bits per heavy atom. The van der Waals surface area contributed by atoms with Crippen molar-refractivity contribution in [2.45, 2.75) is 12.8 Å². The molecule has 0 N–H and O–H groups in total. The summed E-state index contributed by atoms with van der Waals surface area (Å²) in [4.78, 5) is 16.6. The van der Waals surface area contributed by atoms with E-state index in [4.69, 9.17) is 4.74 Å². The van der Waals surface area contributed by atoms with Crippen molar-refractivity contribution < 1.29 is 9.53 Å². The van der Waals surface area contributed by atoms with Crippen LogP contribution in [0, 0.1) is 0 Å². The number of aromatic nitrogens is 2. The second-order valence-corrected chi connectivity index (χ2v) is 7.28. The topological polar surface area (TPSA) is 58.6 Å². The highest BCUT2D eigenvalue weighted by molar-refractivity contribution is 5.76. The first-order chi connectivity index (χ1) is 14.8. The largest absolute Gasteiger partial charge is 0.494 e. The number of benzene rings is 2. The zero-order valence-electron chi connectivity index (χ0n) is 17.0. The average molecular weight is 402 g/mol. The molecule has 154 valence electrons. The molecule has 1 aromatic heterocycles. The third-order valence-corrected chi connectivity index (χ3v) is 5.22. The molecule has 1 aliphatic rings. The van der Waals surface area contributed by atoms with E-state index in [-0.39, 0.29) is 5.91 Å². The van der Waals surface area contributed by atoms with E-state index < -0.39 is 0 Å². The fourth-order valence-electron chi connectivity index (χ4n) is 3.53. The lowest BCUT2D eigenvalue weighted by molar-refractivity contribution is -0.131. The molecule has 0 bridgehead atoms. The summed E-state index contributed by atoms with van der Waals surface area (Å²) >= 11 is 0. The van der Waals surface area contributed by atoms with Gasteiger partial charge in [-0.2, -0.15) is 0 Å². The molecular formula is C24H26N4O2. The summed E-state index contributed by atoms with van der Waals surface area (Å²) in [5.41, 5.74) is 1.93. The first kappa shape index (κ1) is 19.9. The van der Waals surface area contributed by atoms with E-state index in [1.807, 2.05) is 77.7 Å². The van der Waals surface area contributed by atoms with Crippen molar-refractivity contribution in [3.05, 3.63) is 72.8 Å². The SMILES string of the molecule is O=C(CCCOc1ccccc1)N1CCN(c2ccc(-c3ccccc3)nn2)CC1. The maximum atomic E-state index is 12.5. The van der Waals surface area contributed by atoms with Crippen LogP contribution in [0.15, 0.2) is 72.8 Å². The zero-order chi connectivity index (χ0) is 20.6. The Morgan fingerprint density at radius 2 is 1.53 bits per heavy atom. The molecule has 0 unspecified atom stereocenters. The van der Waals surface area contributed by atoms with Gasteiger partial charge in [-0.1, -0.05) is 48.5 Å². The lowest BCUT2D eigenvalue weighted by Gasteiger charge is -2.35. The maximum Gasteiger partial charge on any atom is 0.222 e. The van der Waals surface area contributed by atoms with Crippen LogP contribution in [-0.4, -0.2) is 53.8 Å². The molecule has 0 saturated carbocycles. The maximum absolute atomic E-state index is 12.5. The van der Waals surface area contributed by atoms with Crippen molar-refractivity contribution in [3.8, 4) is 17.0 Å². The van der Waals surface area contributed by atoms with Gasteiger partial charge in [0.2, 0.25) is 5.91 Å². The minimum Gasteiger partial charge on any atom is -0.494 e. The molecule has 30 heavy (non-hydrogen) atoms. The minimum absolute atomic E-state index is 0.192. The molecular weight excluding hydrogens is 376 g/mol. The van der Waals surface area contributed by atoms with Crippen molar-refractivity contribution in [3.63, 3.8) is 0 Å². The predicted octanol–water partition coefficient (Wildman–Crippen LogP) is 3.65. The van der Waals surface area contributed by atoms with Gasteiger partial charge in [0.05, 0.1) is 12.3 Å². The molecule has 1 fully saturated rings. The molecule has 0 radical (unpaired) electrons. The highest BCUT2D eigenvalue weighted by atomic mass is 16.5. The number of carbonyl (C=O) groups excluding carboxylic acids is 1. The van der Waals surface area contributed by atoms with Crippen LogP contribution in [0.4, 0.5) is 5.82 Å². The Hall–Kier alpha value is -3.41. The molecule has 1 aliphatic heterocycles. The normalized spacial score (nSPS) is 13.9. The molecule has 0 aliphatic carbocycles. The van der Waals surface area contributed by atoms with Gasteiger partial charge in [0.25, 0.3) is 0 Å². The van der Waals surface area contributed by atoms with Crippen LogP contribution in [0.25, 0.3) is 11.3 Å². The number of amides is 1. The summed E-state index contributed by atoms with van der Waals surface area (Å²) < 4.78 is 5.67. The van der Waals surface area contributed by atoms with E-state index in [0.717, 1.165) is 42.3 Å². The van der Waals surface area contributed by atoms with Gasteiger partial charge in [-0.05, 0) is 30.7 Å². The van der Waals surface area contributed by atoms with Gasteiger partial charge in [0.15, 0.2) is 5.82 Å². The molecule has 1 amide bonds. The van der Waals surface area contributed by atoms with Gasteiger partial charge in [0, 0.05) is 38.2 Å². The van der Waals surface area contributed by atoms with Gasteiger partial charge in [-0.15, -0.1) is 10.2 Å². The van der Waals surface area contributed by atoms with Crippen LogP contribution in [0.5, 0.6) is 5.75 Å². The Kier molecular flexibility index (Phi) is 6.54. The van der Waals surface area contributed by atoms with Crippen LogP contribution >= 0.6 is 0 Å². The number of ether oxygens (including phenoxy) is 1. The number of anilines is 1. The molecule has 1 saturated heterocycles. The number of rotatable bonds is 7. The molecule has 2 heterocycles. The second kappa shape index (κ2) is 9.87. The van der Waals surface area contributed by atoms with E-state index in [2.05, 4.69) is 15.1 Å². The Bertz CT molecular complexity index is 924. The van der Waals surface area contributed by atoms with Crippen molar-refractivity contribution in [2.24, 2.45) is 0 Å². The number of piperazine rings is 1. The fraction of sp³-hybridized carbons (Fsp3) is 0.292. The van der Waals surface area contributed by atoms with Gasteiger partial charge in [-0.3, -0.25) is 4.79 Å². The highest BCUT2D eigenvalue weighted by Gasteiger charge is 2.21. The van der Waals surface area contributed by atoms with Crippen molar-refractivity contribution >= 4 is 11.7 Å². The summed E-state index contributed by atoms with van der Waals surface area (Å²) in [6.45, 7) is 3.51. The average Bonchev–Trinajstić information content (AvgIpc) is 2.83. The highest BCUT2D eigenvalue weighted by Crippen LogP contribution is 2.19. The fourth-order valence-corrected chi connectivity index (χ4v) is 3.53. The number of hydrogen-bond donors (Lipinski definition) is 0. The van der Waals surface area contributed by atoms with Crippen molar-refractivity contribution in [1.82, 2.24) is 15.1 Å². The molecule has 2 aromatic carbocycles. The van der Waals surface area contributed by atoms with Crippen molar-refractivity contribution in [2.75, 3.05) is 37.7 Å². The number of hydrogen-bond acceptors (Lipinski definition) is 5. The summed E-state index contributed by atoms with van der Waals surface area (Å²) in [6.07, 6.45) is 1.23. The Balaban J connectivity index is 1.21. The van der Waals surface area contributed by atoms with E-state index in [1.165, 1.54) is 0 Å². The molecule has 4 rings (SSSR count). The summed E-state index contributed by atoms with van der Waals surface area (Å²) in [5, 5.41) is 8.76. The quantitative estimate of drug-likeness (QED) is 0.565. The number of nitrogens with zero attached hydrogens (tertiary/aromatic N) is 4. The van der Waals surface area contributed by atoms with Gasteiger partial charge < -0.3 is 14.5 Å². The molecule has 6 nitrogen and oxygen atoms in total. The first-order valence-electron chi connectivity index (χ1n) is 10.4.